The Kier molecular flexibility index (Phi) is 9.73. The summed E-state index contributed by atoms with van der Waals surface area (Å²) in [5.41, 5.74) is 1.73. The van der Waals surface area contributed by atoms with Crippen LogP contribution in [0.25, 0.3) is 0 Å². The molecule has 3 N–H and O–H groups in total. The largest absolute Gasteiger partial charge is 0.480 e. The van der Waals surface area contributed by atoms with Crippen molar-refractivity contribution in [3.05, 3.63) is 95.0 Å². The van der Waals surface area contributed by atoms with Gasteiger partial charge in [-0.25, -0.2) is 17.9 Å². The van der Waals surface area contributed by atoms with Gasteiger partial charge in [-0.05, 0) is 53.9 Å². The minimum absolute atomic E-state index is 0.0607. The molecular formula is C25H25ClN2O5S2. The topological polar surface area (TPSA) is 113 Å². The monoisotopic (exact) mass is 532 g/mol. The molecule has 0 saturated carbocycles. The average Bonchev–Trinajstić information content (AvgIpc) is 2.83. The molecule has 3 rings (SSSR count). The Labute approximate surface area is 214 Å². The van der Waals surface area contributed by atoms with Gasteiger partial charge < -0.3 is 10.4 Å². The number of amides is 1. The quantitative estimate of drug-likeness (QED) is 0.306. The smallest absolute Gasteiger partial charge is 0.326 e. The fourth-order valence-corrected chi connectivity index (χ4v) is 5.20. The highest BCUT2D eigenvalue weighted by Gasteiger charge is 2.20. The van der Waals surface area contributed by atoms with E-state index in [1.54, 1.807) is 0 Å². The van der Waals surface area contributed by atoms with E-state index in [9.17, 15) is 23.1 Å². The minimum Gasteiger partial charge on any atom is -0.480 e. The molecule has 0 aliphatic carbocycles. The molecule has 35 heavy (non-hydrogen) atoms. The van der Waals surface area contributed by atoms with Crippen molar-refractivity contribution < 1.29 is 23.1 Å². The lowest BCUT2D eigenvalue weighted by Gasteiger charge is -2.14. The van der Waals surface area contributed by atoms with Gasteiger partial charge in [-0.15, -0.1) is 11.8 Å². The van der Waals surface area contributed by atoms with Gasteiger partial charge in [-0.3, -0.25) is 4.79 Å². The molecule has 0 spiro atoms. The maximum absolute atomic E-state index is 12.4. The first-order valence-electron chi connectivity index (χ1n) is 10.8. The molecule has 1 atom stereocenters. The Morgan fingerprint density at radius 3 is 2.31 bits per heavy atom. The van der Waals surface area contributed by atoms with E-state index in [0.29, 0.717) is 11.4 Å². The zero-order valence-electron chi connectivity index (χ0n) is 18.7. The average molecular weight is 533 g/mol. The maximum atomic E-state index is 12.4. The summed E-state index contributed by atoms with van der Waals surface area (Å²) in [7, 11) is -3.63. The number of hydrogen-bond donors (Lipinski definition) is 3. The highest BCUT2D eigenvalue weighted by molar-refractivity contribution is 8.00. The summed E-state index contributed by atoms with van der Waals surface area (Å²) in [6, 6.07) is 21.5. The van der Waals surface area contributed by atoms with Gasteiger partial charge in [-0.1, -0.05) is 54.1 Å². The number of hydrogen-bond acceptors (Lipinski definition) is 5. The summed E-state index contributed by atoms with van der Waals surface area (Å²) in [6.07, 6.45) is 0.666. The summed E-state index contributed by atoms with van der Waals surface area (Å²) < 4.78 is 27.3. The molecule has 0 aliphatic heterocycles. The molecule has 1 amide bonds. The molecule has 3 aromatic rings. The Morgan fingerprint density at radius 1 is 0.943 bits per heavy atom. The molecular weight excluding hydrogens is 508 g/mol. The number of nitrogens with one attached hydrogen (secondary N) is 2. The highest BCUT2D eigenvalue weighted by Crippen LogP contribution is 2.20. The lowest BCUT2D eigenvalue weighted by molar-refractivity contribution is -0.141. The van der Waals surface area contributed by atoms with Crippen molar-refractivity contribution in [3.63, 3.8) is 0 Å². The minimum atomic E-state index is -3.63. The van der Waals surface area contributed by atoms with Gasteiger partial charge in [-0.2, -0.15) is 0 Å². The molecule has 3 aromatic carbocycles. The van der Waals surface area contributed by atoms with Crippen molar-refractivity contribution in [2.75, 3.05) is 12.3 Å². The number of carboxylic acid groups (broad SMARTS) is 1. The fourth-order valence-electron chi connectivity index (χ4n) is 3.25. The number of carboxylic acids is 1. The van der Waals surface area contributed by atoms with Crippen molar-refractivity contribution in [2.45, 2.75) is 28.7 Å². The summed E-state index contributed by atoms with van der Waals surface area (Å²) in [5.74, 6) is -1.40. The normalized spacial score (nSPS) is 12.1. The maximum Gasteiger partial charge on any atom is 0.326 e. The van der Waals surface area contributed by atoms with Crippen LogP contribution in [0, 0.1) is 0 Å². The van der Waals surface area contributed by atoms with Gasteiger partial charge >= 0.3 is 5.97 Å². The molecule has 0 saturated heterocycles. The zero-order chi connectivity index (χ0) is 25.3. The van der Waals surface area contributed by atoms with E-state index in [-0.39, 0.29) is 29.5 Å². The van der Waals surface area contributed by atoms with Crippen LogP contribution in [0.4, 0.5) is 0 Å². The van der Waals surface area contributed by atoms with E-state index in [2.05, 4.69) is 10.0 Å². The summed E-state index contributed by atoms with van der Waals surface area (Å²) in [6.45, 7) is 0.208. The second-order valence-electron chi connectivity index (χ2n) is 7.69. The Balaban J connectivity index is 1.49. The fraction of sp³-hybridized carbons (Fsp3) is 0.200. The van der Waals surface area contributed by atoms with Crippen molar-refractivity contribution in [1.82, 2.24) is 10.0 Å². The van der Waals surface area contributed by atoms with Crippen LogP contribution in [-0.2, 0) is 32.5 Å². The van der Waals surface area contributed by atoms with Crippen LogP contribution in [0.5, 0.6) is 0 Å². The standard InChI is InChI=1S/C25H25ClN2O5S2/c26-20-9-11-22(12-10-20)35(32,33)27-14-13-19-7-4-8-21(15-19)34-17-24(29)28-23(25(30)31)16-18-5-2-1-3-6-18/h1-12,15,23,27H,13-14,16-17H2,(H,28,29)(H,30,31)/t23-/m0/s1. The van der Waals surface area contributed by atoms with E-state index in [1.807, 2.05) is 54.6 Å². The van der Waals surface area contributed by atoms with Crippen LogP contribution in [-0.4, -0.2) is 43.7 Å². The van der Waals surface area contributed by atoms with Crippen LogP contribution in [0.3, 0.4) is 0 Å². The van der Waals surface area contributed by atoms with Gasteiger partial charge in [0.1, 0.15) is 6.04 Å². The Morgan fingerprint density at radius 2 is 1.63 bits per heavy atom. The van der Waals surface area contributed by atoms with Crippen molar-refractivity contribution in [2.24, 2.45) is 0 Å². The molecule has 0 aliphatic rings. The number of carbonyl (C=O) groups excluding carboxylic acids is 1. The Bertz CT molecular complexity index is 1250. The number of thioether (sulfide) groups is 1. The third-order valence-electron chi connectivity index (χ3n) is 5.01. The van der Waals surface area contributed by atoms with E-state index in [1.165, 1.54) is 36.0 Å². The molecule has 0 fully saturated rings. The molecule has 0 aromatic heterocycles. The van der Waals surface area contributed by atoms with Crippen LogP contribution >= 0.6 is 23.4 Å². The number of benzene rings is 3. The zero-order valence-corrected chi connectivity index (χ0v) is 21.1. The third-order valence-corrected chi connectivity index (χ3v) is 7.74. The lowest BCUT2D eigenvalue weighted by atomic mass is 10.1. The highest BCUT2D eigenvalue weighted by atomic mass is 35.5. The number of carbonyl (C=O) groups is 2. The van der Waals surface area contributed by atoms with Crippen molar-refractivity contribution in [3.8, 4) is 0 Å². The van der Waals surface area contributed by atoms with Crippen molar-refractivity contribution >= 4 is 45.3 Å². The van der Waals surface area contributed by atoms with E-state index < -0.39 is 22.0 Å². The molecule has 0 bridgehead atoms. The predicted molar refractivity (Wildman–Crippen MR) is 137 cm³/mol. The first-order chi connectivity index (χ1) is 16.7. The molecule has 0 heterocycles. The van der Waals surface area contributed by atoms with E-state index in [0.717, 1.165) is 16.0 Å². The summed E-state index contributed by atoms with van der Waals surface area (Å²) in [4.78, 5) is 24.9. The van der Waals surface area contributed by atoms with Crippen LogP contribution in [0.15, 0.2) is 88.7 Å². The van der Waals surface area contributed by atoms with Gasteiger partial charge in [0.25, 0.3) is 0 Å². The van der Waals surface area contributed by atoms with Gasteiger partial charge in [0.05, 0.1) is 10.6 Å². The van der Waals surface area contributed by atoms with Gasteiger partial charge in [0.15, 0.2) is 0 Å². The number of halogens is 1. The lowest BCUT2D eigenvalue weighted by Crippen LogP contribution is -2.43. The van der Waals surface area contributed by atoms with Crippen LogP contribution in [0.1, 0.15) is 11.1 Å². The molecule has 184 valence electrons. The number of sulfonamides is 1. The first-order valence-corrected chi connectivity index (χ1v) is 13.6. The van der Waals surface area contributed by atoms with Gasteiger partial charge in [0, 0.05) is 22.9 Å². The predicted octanol–water partition coefficient (Wildman–Crippen LogP) is 3.77. The number of aliphatic carboxylic acids is 1. The number of rotatable bonds is 12. The first kappa shape index (κ1) is 26.7. The summed E-state index contributed by atoms with van der Waals surface area (Å²) in [5, 5.41) is 12.5. The third kappa shape index (κ3) is 8.70. The molecule has 0 radical (unpaired) electrons. The van der Waals surface area contributed by atoms with E-state index >= 15 is 0 Å². The Hall–Kier alpha value is -2.85. The SMILES string of the molecule is O=C(CSc1cccc(CCNS(=O)(=O)c2ccc(Cl)cc2)c1)N[C@@H](Cc1ccccc1)C(=O)O. The van der Waals surface area contributed by atoms with Crippen LogP contribution < -0.4 is 10.0 Å². The van der Waals surface area contributed by atoms with Gasteiger partial charge in [0.2, 0.25) is 15.9 Å². The molecule has 7 nitrogen and oxygen atoms in total. The van der Waals surface area contributed by atoms with E-state index in [4.69, 9.17) is 11.6 Å². The second kappa shape index (κ2) is 12.7. The van der Waals surface area contributed by atoms with Crippen molar-refractivity contribution in [1.29, 1.82) is 0 Å². The summed E-state index contributed by atoms with van der Waals surface area (Å²) >= 11 is 7.09. The van der Waals surface area contributed by atoms with Crippen LogP contribution in [0.2, 0.25) is 5.02 Å². The molecule has 10 heteroatoms. The molecule has 0 unspecified atom stereocenters. The second-order valence-corrected chi connectivity index (χ2v) is 10.9.